The normalized spacial score (nSPS) is 12.0. The summed E-state index contributed by atoms with van der Waals surface area (Å²) in [5, 5.41) is 4.85. The van der Waals surface area contributed by atoms with Crippen LogP contribution in [0.2, 0.25) is 19.6 Å². The topological polar surface area (TPSA) is 17.3 Å². The summed E-state index contributed by atoms with van der Waals surface area (Å²) in [6.45, 7) is 7.01. The van der Waals surface area contributed by atoms with Crippen molar-refractivity contribution < 1.29 is 20.1 Å². The van der Waals surface area contributed by atoms with E-state index in [1.165, 1.54) is 21.6 Å². The molecule has 0 aliphatic carbocycles. The average Bonchev–Trinajstić information content (AvgIpc) is 2.93. The fraction of sp³-hybridized carbons (Fsp3) is 0.167. The summed E-state index contributed by atoms with van der Waals surface area (Å²) in [6.07, 6.45) is 2.23. The SMILES string of the molecule is C[Si](C)(C)c1cn2c3ccccc3c3ccc[c-]c3c2n1.[Ir]. The fourth-order valence-corrected chi connectivity index (χ4v) is 3.82. The summed E-state index contributed by atoms with van der Waals surface area (Å²) >= 11 is 0. The van der Waals surface area contributed by atoms with Gasteiger partial charge in [-0.25, -0.2) is 0 Å². The number of benzene rings is 2. The van der Waals surface area contributed by atoms with Gasteiger partial charge in [-0.3, -0.25) is 4.98 Å². The van der Waals surface area contributed by atoms with Crippen LogP contribution in [0, 0.1) is 6.07 Å². The van der Waals surface area contributed by atoms with Gasteiger partial charge in [-0.05, 0) is 11.5 Å². The average molecular weight is 482 g/mol. The van der Waals surface area contributed by atoms with E-state index in [4.69, 9.17) is 4.98 Å². The summed E-state index contributed by atoms with van der Waals surface area (Å²) in [4.78, 5) is 4.96. The zero-order valence-electron chi connectivity index (χ0n) is 12.8. The van der Waals surface area contributed by atoms with Gasteiger partial charge in [0.2, 0.25) is 0 Å². The maximum Gasteiger partial charge on any atom is 0.102 e. The maximum atomic E-state index is 4.96. The fourth-order valence-electron chi connectivity index (χ4n) is 2.86. The van der Waals surface area contributed by atoms with E-state index in [1.54, 1.807) is 0 Å². The molecule has 0 saturated carbocycles. The number of para-hydroxylation sites is 1. The Hall–Kier alpha value is -1.48. The molecule has 0 saturated heterocycles. The first-order valence-electron chi connectivity index (χ1n) is 7.26. The molecule has 0 amide bonds. The number of aromatic nitrogens is 2. The van der Waals surface area contributed by atoms with Crippen molar-refractivity contribution in [3.63, 3.8) is 0 Å². The van der Waals surface area contributed by atoms with Gasteiger partial charge >= 0.3 is 0 Å². The van der Waals surface area contributed by atoms with Gasteiger partial charge in [-0.2, -0.15) is 0 Å². The summed E-state index contributed by atoms with van der Waals surface area (Å²) in [6, 6.07) is 18.1. The van der Waals surface area contributed by atoms with E-state index in [0.29, 0.717) is 0 Å². The predicted molar refractivity (Wildman–Crippen MR) is 92.0 cm³/mol. The van der Waals surface area contributed by atoms with Crippen molar-refractivity contribution in [1.82, 2.24) is 9.38 Å². The van der Waals surface area contributed by atoms with E-state index >= 15 is 0 Å². The molecule has 0 bridgehead atoms. The maximum absolute atomic E-state index is 4.96. The van der Waals surface area contributed by atoms with Gasteiger partial charge in [-0.1, -0.05) is 43.2 Å². The first-order chi connectivity index (χ1) is 10.1. The van der Waals surface area contributed by atoms with Gasteiger partial charge in [0, 0.05) is 37.1 Å². The van der Waals surface area contributed by atoms with Crippen LogP contribution >= 0.6 is 0 Å². The second-order valence-corrected chi connectivity index (χ2v) is 11.6. The first-order valence-corrected chi connectivity index (χ1v) is 10.8. The monoisotopic (exact) mass is 482 g/mol. The third-order valence-corrected chi connectivity index (χ3v) is 5.79. The van der Waals surface area contributed by atoms with E-state index in [1.807, 2.05) is 12.1 Å². The third-order valence-electron chi connectivity index (χ3n) is 4.01. The standard InChI is InChI=1S/C18H17N2Si.Ir/c1-21(2,3)17-12-20-16-11-7-6-9-14(16)13-8-4-5-10-15(13)18(20)19-17;/h4-9,11-12H,1-3H3;/q-1;. The smallest absolute Gasteiger partial charge is 0.102 e. The molecule has 0 N–H and O–H groups in total. The minimum atomic E-state index is -1.44. The van der Waals surface area contributed by atoms with Gasteiger partial charge in [0.1, 0.15) is 8.07 Å². The molecule has 2 aromatic heterocycles. The molecule has 0 atom stereocenters. The quantitative estimate of drug-likeness (QED) is 0.228. The van der Waals surface area contributed by atoms with Crippen molar-refractivity contribution in [3.05, 3.63) is 54.7 Å². The summed E-state index contributed by atoms with van der Waals surface area (Å²) in [7, 11) is -1.44. The Labute approximate surface area is 144 Å². The van der Waals surface area contributed by atoms with Crippen LogP contribution in [0.3, 0.4) is 0 Å². The molecule has 2 heterocycles. The van der Waals surface area contributed by atoms with Gasteiger partial charge in [-0.15, -0.1) is 29.7 Å². The van der Waals surface area contributed by atoms with Crippen molar-refractivity contribution in [2.24, 2.45) is 0 Å². The van der Waals surface area contributed by atoms with Crippen LogP contribution in [-0.4, -0.2) is 17.5 Å². The van der Waals surface area contributed by atoms with E-state index in [9.17, 15) is 0 Å². The number of imidazole rings is 1. The summed E-state index contributed by atoms with van der Waals surface area (Å²) < 4.78 is 2.24. The minimum absolute atomic E-state index is 0. The van der Waals surface area contributed by atoms with Crippen LogP contribution in [0.5, 0.6) is 0 Å². The number of pyridine rings is 1. The molecule has 2 aromatic carbocycles. The zero-order chi connectivity index (χ0) is 14.6. The van der Waals surface area contributed by atoms with Crippen LogP contribution in [0.15, 0.2) is 48.7 Å². The molecule has 0 aliphatic heterocycles. The Morgan fingerprint density at radius 3 is 2.50 bits per heavy atom. The number of nitrogens with zero attached hydrogens (tertiary/aromatic N) is 2. The molecule has 4 rings (SSSR count). The van der Waals surface area contributed by atoms with Crippen LogP contribution < -0.4 is 5.32 Å². The van der Waals surface area contributed by atoms with Crippen molar-refractivity contribution in [2.75, 3.05) is 0 Å². The zero-order valence-corrected chi connectivity index (χ0v) is 16.2. The molecule has 0 unspecified atom stereocenters. The molecular weight excluding hydrogens is 465 g/mol. The molecule has 113 valence electrons. The number of rotatable bonds is 1. The Morgan fingerprint density at radius 2 is 1.73 bits per heavy atom. The molecule has 22 heavy (non-hydrogen) atoms. The number of hydrogen-bond acceptors (Lipinski definition) is 1. The molecule has 4 aromatic rings. The van der Waals surface area contributed by atoms with Gasteiger partial charge in [0.05, 0.1) is 5.65 Å². The van der Waals surface area contributed by atoms with Crippen LogP contribution in [0.25, 0.3) is 27.3 Å². The Kier molecular flexibility index (Phi) is 3.72. The number of hydrogen-bond donors (Lipinski definition) is 0. The van der Waals surface area contributed by atoms with Crippen molar-refractivity contribution in [3.8, 4) is 0 Å². The first kappa shape index (κ1) is 15.4. The molecule has 2 nitrogen and oxygen atoms in total. The van der Waals surface area contributed by atoms with E-state index in [2.05, 4.69) is 66.6 Å². The largest absolute Gasteiger partial charge is 0.340 e. The Morgan fingerprint density at radius 1 is 1.00 bits per heavy atom. The van der Waals surface area contributed by atoms with Crippen LogP contribution in [0.4, 0.5) is 0 Å². The van der Waals surface area contributed by atoms with E-state index in [-0.39, 0.29) is 20.1 Å². The summed E-state index contributed by atoms with van der Waals surface area (Å²) in [5.74, 6) is 0. The molecule has 1 radical (unpaired) electrons. The molecule has 4 heteroatoms. The molecule has 0 spiro atoms. The number of fused-ring (bicyclic) bond motifs is 6. The van der Waals surface area contributed by atoms with Crippen LogP contribution in [-0.2, 0) is 20.1 Å². The van der Waals surface area contributed by atoms with Crippen molar-refractivity contribution in [1.29, 1.82) is 0 Å². The molecule has 0 fully saturated rings. The van der Waals surface area contributed by atoms with Gasteiger partial charge in [0.25, 0.3) is 0 Å². The van der Waals surface area contributed by atoms with E-state index in [0.717, 1.165) is 11.0 Å². The molecular formula is C18H17IrN2Si-. The van der Waals surface area contributed by atoms with Crippen molar-refractivity contribution >= 4 is 40.7 Å². The Balaban J connectivity index is 0.00000144. The summed E-state index contributed by atoms with van der Waals surface area (Å²) in [5.41, 5.74) is 2.25. The van der Waals surface area contributed by atoms with Gasteiger partial charge in [0.15, 0.2) is 0 Å². The third kappa shape index (κ3) is 2.23. The van der Waals surface area contributed by atoms with Gasteiger partial charge < -0.3 is 4.40 Å². The Bertz CT molecular complexity index is 910. The predicted octanol–water partition coefficient (Wildman–Crippen LogP) is 3.98. The second kappa shape index (κ2) is 5.30. The van der Waals surface area contributed by atoms with E-state index < -0.39 is 8.07 Å². The molecule has 0 aliphatic rings. The van der Waals surface area contributed by atoms with Crippen LogP contribution in [0.1, 0.15) is 0 Å². The van der Waals surface area contributed by atoms with Crippen molar-refractivity contribution in [2.45, 2.75) is 19.6 Å². The minimum Gasteiger partial charge on any atom is -0.340 e. The second-order valence-electron chi connectivity index (χ2n) is 6.55.